The zero-order chi connectivity index (χ0) is 20.1. The first-order chi connectivity index (χ1) is 14.2. The van der Waals surface area contributed by atoms with Crippen molar-refractivity contribution in [2.24, 2.45) is 0 Å². The molecule has 0 aromatic heterocycles. The van der Waals surface area contributed by atoms with Crippen LogP contribution in [0.4, 0.5) is 11.4 Å². The molecule has 0 saturated heterocycles. The first kappa shape index (κ1) is 18.9. The Labute approximate surface area is 170 Å². The number of fused-ring (bicyclic) bond motifs is 1. The molecule has 0 saturated carbocycles. The Hall–Kier alpha value is -3.47. The number of hydrogen-bond donors (Lipinski definition) is 1. The third-order valence-corrected chi connectivity index (χ3v) is 5.07. The second kappa shape index (κ2) is 8.69. The molecule has 5 nitrogen and oxygen atoms in total. The topological polar surface area (TPSA) is 59.0 Å². The highest BCUT2D eigenvalue weighted by Gasteiger charge is 2.28. The molecule has 3 aromatic rings. The first-order valence-corrected chi connectivity index (χ1v) is 9.70. The number of benzene rings is 3. The van der Waals surface area contributed by atoms with Gasteiger partial charge in [0, 0.05) is 29.4 Å². The second-order valence-electron chi connectivity index (χ2n) is 6.98. The quantitative estimate of drug-likeness (QED) is 0.597. The molecule has 5 heteroatoms. The van der Waals surface area contributed by atoms with Crippen molar-refractivity contribution < 1.29 is 19.4 Å². The van der Waals surface area contributed by atoms with Gasteiger partial charge in [0.1, 0.15) is 0 Å². The molecule has 0 fully saturated rings. The monoisotopic (exact) mass is 389 g/mol. The van der Waals surface area contributed by atoms with Gasteiger partial charge in [-0.05, 0) is 36.8 Å². The van der Waals surface area contributed by atoms with Crippen LogP contribution in [0.15, 0.2) is 78.9 Å². The molecule has 3 aromatic carbocycles. The molecule has 1 aliphatic heterocycles. The van der Waals surface area contributed by atoms with Crippen molar-refractivity contribution in [2.45, 2.75) is 12.3 Å². The van der Waals surface area contributed by atoms with Crippen LogP contribution >= 0.6 is 0 Å². The number of ether oxygens (including phenoxy) is 2. The van der Waals surface area contributed by atoms with Gasteiger partial charge in [-0.25, -0.2) is 4.79 Å². The Kier molecular flexibility index (Phi) is 5.66. The number of anilines is 2. The first-order valence-electron chi connectivity index (χ1n) is 9.70. The summed E-state index contributed by atoms with van der Waals surface area (Å²) in [6.45, 7) is 1.03. The summed E-state index contributed by atoms with van der Waals surface area (Å²) in [5.41, 5.74) is 3.38. The van der Waals surface area contributed by atoms with Crippen LogP contribution in [-0.2, 0) is 4.79 Å². The van der Waals surface area contributed by atoms with Gasteiger partial charge in [-0.3, -0.25) is 0 Å². The molecule has 0 amide bonds. The predicted octanol–water partition coefficient (Wildman–Crippen LogP) is 4.85. The number of carboxylic acids is 1. The van der Waals surface area contributed by atoms with E-state index in [-0.39, 0.29) is 12.5 Å². The van der Waals surface area contributed by atoms with Gasteiger partial charge in [-0.2, -0.15) is 0 Å². The Bertz CT molecular complexity index is 920. The van der Waals surface area contributed by atoms with Crippen molar-refractivity contribution in [2.75, 3.05) is 24.7 Å². The van der Waals surface area contributed by atoms with Gasteiger partial charge < -0.3 is 19.5 Å². The van der Waals surface area contributed by atoms with Crippen molar-refractivity contribution in [1.29, 1.82) is 0 Å². The van der Waals surface area contributed by atoms with E-state index in [0.29, 0.717) is 18.1 Å². The van der Waals surface area contributed by atoms with Crippen LogP contribution in [0.3, 0.4) is 0 Å². The summed E-state index contributed by atoms with van der Waals surface area (Å²) in [5.74, 6) is 0.395. The fourth-order valence-electron chi connectivity index (χ4n) is 3.68. The summed E-state index contributed by atoms with van der Waals surface area (Å²) in [7, 11) is 0. The van der Waals surface area contributed by atoms with E-state index in [1.807, 2.05) is 48.5 Å². The molecule has 0 bridgehead atoms. The van der Waals surface area contributed by atoms with Gasteiger partial charge in [0.25, 0.3) is 0 Å². The molecular formula is C24H23NO4. The van der Waals surface area contributed by atoms with Crippen molar-refractivity contribution in [3.63, 3.8) is 0 Å². The molecule has 0 radical (unpaired) electrons. The molecule has 148 valence electrons. The fraction of sp³-hybridized carbons (Fsp3) is 0.208. The maximum Gasteiger partial charge on any atom is 0.341 e. The standard InChI is InChI=1S/C24H23NO4/c26-23(27)17-28-22-13-7-12-21-18(16-29-24(21)22)14-15-25(19-8-3-1-4-9-19)20-10-5-2-6-11-20/h1-13,18H,14-17H2,(H,26,27). The van der Waals surface area contributed by atoms with Crippen LogP contribution in [-0.4, -0.2) is 30.8 Å². The maximum absolute atomic E-state index is 10.8. The van der Waals surface area contributed by atoms with Crippen LogP contribution in [0.5, 0.6) is 11.5 Å². The van der Waals surface area contributed by atoms with Gasteiger partial charge in [0.05, 0.1) is 6.61 Å². The average molecular weight is 389 g/mol. The lowest BCUT2D eigenvalue weighted by atomic mass is 9.97. The maximum atomic E-state index is 10.8. The molecule has 1 unspecified atom stereocenters. The fourth-order valence-corrected chi connectivity index (χ4v) is 3.68. The Morgan fingerprint density at radius 2 is 1.62 bits per heavy atom. The lowest BCUT2D eigenvalue weighted by molar-refractivity contribution is -0.139. The highest BCUT2D eigenvalue weighted by molar-refractivity contribution is 5.69. The van der Waals surface area contributed by atoms with E-state index in [4.69, 9.17) is 14.6 Å². The van der Waals surface area contributed by atoms with Crippen LogP contribution < -0.4 is 14.4 Å². The number of nitrogens with zero attached hydrogens (tertiary/aromatic N) is 1. The van der Waals surface area contributed by atoms with E-state index in [9.17, 15) is 4.79 Å². The zero-order valence-corrected chi connectivity index (χ0v) is 16.0. The van der Waals surface area contributed by atoms with Gasteiger partial charge >= 0.3 is 5.97 Å². The van der Waals surface area contributed by atoms with Crippen LogP contribution in [0, 0.1) is 0 Å². The van der Waals surface area contributed by atoms with Crippen molar-refractivity contribution in [1.82, 2.24) is 0 Å². The highest BCUT2D eigenvalue weighted by Crippen LogP contribution is 2.43. The van der Waals surface area contributed by atoms with Crippen molar-refractivity contribution in [3.05, 3.63) is 84.4 Å². The highest BCUT2D eigenvalue weighted by atomic mass is 16.5. The number of para-hydroxylation sites is 3. The van der Waals surface area contributed by atoms with E-state index in [0.717, 1.165) is 29.9 Å². The number of aliphatic carboxylic acids is 1. The minimum atomic E-state index is -1.00. The predicted molar refractivity (Wildman–Crippen MR) is 112 cm³/mol. The van der Waals surface area contributed by atoms with E-state index < -0.39 is 5.97 Å². The van der Waals surface area contributed by atoms with Gasteiger partial charge in [-0.1, -0.05) is 48.5 Å². The number of rotatable bonds is 8. The molecule has 1 aliphatic rings. The number of carboxylic acid groups (broad SMARTS) is 1. The zero-order valence-electron chi connectivity index (χ0n) is 16.0. The summed E-state index contributed by atoms with van der Waals surface area (Å²) in [6, 6.07) is 26.4. The van der Waals surface area contributed by atoms with Gasteiger partial charge in [-0.15, -0.1) is 0 Å². The summed E-state index contributed by atoms with van der Waals surface area (Å²) < 4.78 is 11.3. The van der Waals surface area contributed by atoms with Gasteiger partial charge in [0.2, 0.25) is 0 Å². The molecule has 0 aliphatic carbocycles. The Morgan fingerprint density at radius 3 is 2.24 bits per heavy atom. The number of hydrogen-bond acceptors (Lipinski definition) is 4. The Morgan fingerprint density at radius 1 is 0.966 bits per heavy atom. The average Bonchev–Trinajstić information content (AvgIpc) is 3.18. The molecule has 29 heavy (non-hydrogen) atoms. The van der Waals surface area contributed by atoms with Crippen molar-refractivity contribution >= 4 is 17.3 Å². The normalized spacial score (nSPS) is 14.7. The van der Waals surface area contributed by atoms with E-state index in [1.54, 1.807) is 6.07 Å². The summed E-state index contributed by atoms with van der Waals surface area (Å²) in [5, 5.41) is 8.87. The SMILES string of the molecule is O=C(O)COc1cccc2c1OCC2CCN(c1ccccc1)c1ccccc1. The molecular weight excluding hydrogens is 366 g/mol. The van der Waals surface area contributed by atoms with Crippen molar-refractivity contribution in [3.8, 4) is 11.5 Å². The minimum absolute atomic E-state index is 0.230. The molecule has 0 spiro atoms. The van der Waals surface area contributed by atoms with E-state index in [1.165, 1.54) is 0 Å². The van der Waals surface area contributed by atoms with E-state index >= 15 is 0 Å². The lowest BCUT2D eigenvalue weighted by Gasteiger charge is -2.26. The second-order valence-corrected chi connectivity index (χ2v) is 6.98. The summed E-state index contributed by atoms with van der Waals surface area (Å²) >= 11 is 0. The lowest BCUT2D eigenvalue weighted by Crippen LogP contribution is -2.20. The third-order valence-electron chi connectivity index (χ3n) is 5.07. The van der Waals surface area contributed by atoms with Crippen LogP contribution in [0.1, 0.15) is 17.9 Å². The number of carbonyl (C=O) groups is 1. The van der Waals surface area contributed by atoms with Crippen LogP contribution in [0.25, 0.3) is 0 Å². The summed E-state index contributed by atoms with van der Waals surface area (Å²) in [4.78, 5) is 13.1. The summed E-state index contributed by atoms with van der Waals surface area (Å²) in [6.07, 6.45) is 0.902. The molecule has 1 heterocycles. The van der Waals surface area contributed by atoms with Crippen LogP contribution in [0.2, 0.25) is 0 Å². The molecule has 1 atom stereocenters. The Balaban J connectivity index is 1.51. The largest absolute Gasteiger partial charge is 0.489 e. The minimum Gasteiger partial charge on any atom is -0.489 e. The van der Waals surface area contributed by atoms with E-state index in [2.05, 4.69) is 29.2 Å². The van der Waals surface area contributed by atoms with Gasteiger partial charge in [0.15, 0.2) is 18.1 Å². The third kappa shape index (κ3) is 4.35. The smallest absolute Gasteiger partial charge is 0.341 e. The molecule has 1 N–H and O–H groups in total. The molecule has 4 rings (SSSR count).